The van der Waals surface area contributed by atoms with Gasteiger partial charge in [0.25, 0.3) is 0 Å². The van der Waals surface area contributed by atoms with E-state index in [9.17, 15) is 19.5 Å². The number of carboxylic acids is 1. The lowest BCUT2D eigenvalue weighted by atomic mass is 10.1. The minimum Gasteiger partial charge on any atom is -0.477 e. The number of ether oxygens (including phenoxy) is 3. The molecule has 0 aliphatic rings. The number of carbonyl (C=O) groups excluding carboxylic acids is 2. The summed E-state index contributed by atoms with van der Waals surface area (Å²) in [5.74, 6) is -1.55. The maximum Gasteiger partial charge on any atom is 0.362 e. The van der Waals surface area contributed by atoms with E-state index < -0.39 is 18.1 Å². The van der Waals surface area contributed by atoms with Gasteiger partial charge in [0, 0.05) is 19.3 Å². The van der Waals surface area contributed by atoms with Crippen molar-refractivity contribution in [2.24, 2.45) is 0 Å². The molecular weight excluding hydrogens is 727 g/mol. The van der Waals surface area contributed by atoms with Crippen LogP contribution >= 0.6 is 0 Å². The molecule has 328 valence electrons. The Kier molecular flexibility index (Phi) is 37.5. The van der Waals surface area contributed by atoms with Crippen LogP contribution in [0.15, 0.2) is 97.2 Å². The highest BCUT2D eigenvalue weighted by Crippen LogP contribution is 2.12. The predicted octanol–water partition coefficient (Wildman–Crippen LogP) is 12.3. The molecule has 8 heteroatoms. The zero-order valence-electron chi connectivity index (χ0n) is 37.2. The Balaban J connectivity index is 4.36. The van der Waals surface area contributed by atoms with E-state index in [2.05, 4.69) is 111 Å². The van der Waals surface area contributed by atoms with Gasteiger partial charge in [0.15, 0.2) is 12.1 Å². The summed E-state index contributed by atoms with van der Waals surface area (Å²) in [6.07, 6.45) is 53.2. The number of esters is 2. The Morgan fingerprint density at radius 1 is 0.517 bits per heavy atom. The standard InChI is InChI=1S/C50H81NO7/c1-6-8-10-12-14-16-18-20-21-22-23-24-25-26-27-28-29-31-32-34-36-38-40-48(52)57-45-46(44-56-43-42-47(50(54)55)51(3,4)5)58-49(53)41-39-37-35-33-30-19-17-15-13-11-9-7-2/h8-11,14-17,20-21,23-24,26-27,30,33,46-47H,6-7,12-13,18-19,22,25,28-29,31-32,34-45H2,1-5H3/p+1/b10-8+,11-9+,16-14+,17-15+,21-20+,24-23+,27-26+,33-30+. The quantitative estimate of drug-likeness (QED) is 0.0287. The lowest BCUT2D eigenvalue weighted by molar-refractivity contribution is -0.887. The first-order valence-corrected chi connectivity index (χ1v) is 22.3. The van der Waals surface area contributed by atoms with Crippen molar-refractivity contribution < 1.29 is 38.2 Å². The highest BCUT2D eigenvalue weighted by Gasteiger charge is 2.31. The molecule has 0 fully saturated rings. The maximum atomic E-state index is 12.7. The molecule has 0 amide bonds. The van der Waals surface area contributed by atoms with Crippen LogP contribution in [-0.4, -0.2) is 80.6 Å². The predicted molar refractivity (Wildman–Crippen MR) is 243 cm³/mol. The van der Waals surface area contributed by atoms with Crippen molar-refractivity contribution in [2.75, 3.05) is 41.0 Å². The van der Waals surface area contributed by atoms with Crippen molar-refractivity contribution in [2.45, 2.75) is 161 Å². The van der Waals surface area contributed by atoms with Crippen LogP contribution in [0, 0.1) is 0 Å². The van der Waals surface area contributed by atoms with Crippen LogP contribution in [0.2, 0.25) is 0 Å². The fourth-order valence-corrected chi connectivity index (χ4v) is 5.84. The average molecular weight is 809 g/mol. The lowest BCUT2D eigenvalue weighted by Gasteiger charge is -2.31. The van der Waals surface area contributed by atoms with Crippen LogP contribution in [0.1, 0.15) is 149 Å². The Labute approximate surface area is 354 Å². The van der Waals surface area contributed by atoms with E-state index in [1.54, 1.807) is 0 Å². The largest absolute Gasteiger partial charge is 0.477 e. The molecule has 2 atom stereocenters. The third-order valence-electron chi connectivity index (χ3n) is 9.23. The van der Waals surface area contributed by atoms with E-state index in [0.717, 1.165) is 96.3 Å². The first-order chi connectivity index (χ1) is 28.1. The summed E-state index contributed by atoms with van der Waals surface area (Å²) < 4.78 is 17.2. The van der Waals surface area contributed by atoms with Crippen molar-refractivity contribution in [1.29, 1.82) is 0 Å². The molecule has 2 unspecified atom stereocenters. The molecular formula is C50H82NO7+. The second-order valence-electron chi connectivity index (χ2n) is 15.5. The normalized spacial score (nSPS) is 13.9. The number of unbranched alkanes of at least 4 members (excludes halogenated alkanes) is 8. The summed E-state index contributed by atoms with van der Waals surface area (Å²) in [6, 6.07) is -0.629. The van der Waals surface area contributed by atoms with Crippen LogP contribution in [0.25, 0.3) is 0 Å². The fourth-order valence-electron chi connectivity index (χ4n) is 5.84. The van der Waals surface area contributed by atoms with Crippen LogP contribution in [0.3, 0.4) is 0 Å². The molecule has 0 radical (unpaired) electrons. The van der Waals surface area contributed by atoms with Gasteiger partial charge in [-0.15, -0.1) is 0 Å². The van der Waals surface area contributed by atoms with Crippen LogP contribution in [0.5, 0.6) is 0 Å². The topological polar surface area (TPSA) is 99.1 Å². The highest BCUT2D eigenvalue weighted by atomic mass is 16.6. The minimum atomic E-state index is -0.888. The molecule has 0 aromatic rings. The van der Waals surface area contributed by atoms with Gasteiger partial charge in [0.2, 0.25) is 0 Å². The van der Waals surface area contributed by atoms with Crippen molar-refractivity contribution in [3.8, 4) is 0 Å². The molecule has 58 heavy (non-hydrogen) atoms. The fraction of sp³-hybridized carbons (Fsp3) is 0.620. The number of hydrogen-bond donors (Lipinski definition) is 1. The summed E-state index contributed by atoms with van der Waals surface area (Å²) in [5, 5.41) is 9.61. The van der Waals surface area contributed by atoms with Gasteiger partial charge in [-0.05, 0) is 89.9 Å². The monoisotopic (exact) mass is 809 g/mol. The summed E-state index contributed by atoms with van der Waals surface area (Å²) in [6.45, 7) is 4.42. The minimum absolute atomic E-state index is 0.0343. The third kappa shape index (κ3) is 37.8. The first-order valence-electron chi connectivity index (χ1n) is 22.3. The molecule has 8 nitrogen and oxygen atoms in total. The second kappa shape index (κ2) is 40.0. The highest BCUT2D eigenvalue weighted by molar-refractivity contribution is 5.72. The van der Waals surface area contributed by atoms with Gasteiger partial charge in [-0.1, -0.05) is 137 Å². The van der Waals surface area contributed by atoms with Gasteiger partial charge < -0.3 is 23.8 Å². The molecule has 1 N–H and O–H groups in total. The molecule has 0 saturated heterocycles. The number of aliphatic carboxylic acids is 1. The van der Waals surface area contributed by atoms with E-state index in [0.29, 0.717) is 19.3 Å². The summed E-state index contributed by atoms with van der Waals surface area (Å²) in [4.78, 5) is 36.9. The zero-order valence-corrected chi connectivity index (χ0v) is 37.2. The van der Waals surface area contributed by atoms with E-state index >= 15 is 0 Å². The maximum absolute atomic E-state index is 12.7. The summed E-state index contributed by atoms with van der Waals surface area (Å²) in [5.41, 5.74) is 0. The molecule has 0 heterocycles. The van der Waals surface area contributed by atoms with Gasteiger partial charge in [-0.25, -0.2) is 4.79 Å². The van der Waals surface area contributed by atoms with Gasteiger partial charge in [0.1, 0.15) is 6.61 Å². The molecule has 0 aromatic heterocycles. The van der Waals surface area contributed by atoms with Crippen LogP contribution < -0.4 is 0 Å². The number of nitrogens with zero attached hydrogens (tertiary/aromatic N) is 1. The molecule has 0 spiro atoms. The molecule has 0 saturated carbocycles. The van der Waals surface area contributed by atoms with Crippen molar-refractivity contribution in [3.05, 3.63) is 97.2 Å². The number of carboxylic acid groups (broad SMARTS) is 1. The molecule has 0 rings (SSSR count). The van der Waals surface area contributed by atoms with Crippen LogP contribution in [0.4, 0.5) is 0 Å². The smallest absolute Gasteiger partial charge is 0.362 e. The SMILES string of the molecule is CC/C=C/C/C=C/C/C=C/C/C=C/C/C=C/CCCCCCCCC(=O)OCC(COCCC(C(=O)O)[N+](C)(C)C)OC(=O)CCCC/C=C/C/C=C/C/C=C/CC. The molecule has 0 bridgehead atoms. The third-order valence-corrected chi connectivity index (χ3v) is 9.23. The molecule has 0 aliphatic carbocycles. The first kappa shape index (κ1) is 54.2. The lowest BCUT2D eigenvalue weighted by Crippen LogP contribution is -2.50. The van der Waals surface area contributed by atoms with E-state index in [1.165, 1.54) is 12.8 Å². The van der Waals surface area contributed by atoms with E-state index in [1.807, 2.05) is 21.1 Å². The number of quaternary nitrogens is 1. The van der Waals surface area contributed by atoms with Crippen LogP contribution in [-0.2, 0) is 28.6 Å². The Morgan fingerprint density at radius 3 is 1.38 bits per heavy atom. The van der Waals surface area contributed by atoms with Crippen molar-refractivity contribution in [1.82, 2.24) is 0 Å². The van der Waals surface area contributed by atoms with Gasteiger partial charge >= 0.3 is 17.9 Å². The van der Waals surface area contributed by atoms with E-state index in [-0.39, 0.29) is 42.7 Å². The van der Waals surface area contributed by atoms with Crippen molar-refractivity contribution in [3.63, 3.8) is 0 Å². The number of allylic oxidation sites excluding steroid dienone is 16. The number of rotatable bonds is 38. The number of likely N-dealkylation sites (N-methyl/N-ethyl adjacent to an activating group) is 1. The Morgan fingerprint density at radius 2 is 0.914 bits per heavy atom. The Bertz CT molecular complexity index is 1260. The summed E-state index contributed by atoms with van der Waals surface area (Å²) in [7, 11) is 5.49. The number of hydrogen-bond acceptors (Lipinski definition) is 6. The second-order valence-corrected chi connectivity index (χ2v) is 15.5. The summed E-state index contributed by atoms with van der Waals surface area (Å²) >= 11 is 0. The Hall–Kier alpha value is -3.75. The average Bonchev–Trinajstić information content (AvgIpc) is 3.18. The molecule has 0 aromatic carbocycles. The number of carbonyl (C=O) groups is 3. The van der Waals surface area contributed by atoms with Gasteiger partial charge in [0.05, 0.1) is 34.4 Å². The zero-order chi connectivity index (χ0) is 42.8. The molecule has 0 aliphatic heterocycles. The van der Waals surface area contributed by atoms with E-state index in [4.69, 9.17) is 14.2 Å². The van der Waals surface area contributed by atoms with Gasteiger partial charge in [-0.3, -0.25) is 9.59 Å². The van der Waals surface area contributed by atoms with Crippen molar-refractivity contribution >= 4 is 17.9 Å². The van der Waals surface area contributed by atoms with Gasteiger partial charge in [-0.2, -0.15) is 0 Å².